The van der Waals surface area contributed by atoms with E-state index in [4.69, 9.17) is 4.74 Å². The van der Waals surface area contributed by atoms with Gasteiger partial charge in [-0.05, 0) is 45.0 Å². The third kappa shape index (κ3) is 3.73. The lowest BCUT2D eigenvalue weighted by Gasteiger charge is -2.31. The van der Waals surface area contributed by atoms with Crippen LogP contribution in [0.1, 0.15) is 31.1 Å². The fourth-order valence-corrected chi connectivity index (χ4v) is 2.51. The summed E-state index contributed by atoms with van der Waals surface area (Å²) in [7, 11) is 0. The van der Waals surface area contributed by atoms with Crippen molar-refractivity contribution in [3.05, 3.63) is 29.8 Å². The Morgan fingerprint density at radius 2 is 1.85 bits per heavy atom. The Balaban J connectivity index is 1.95. The highest BCUT2D eigenvalue weighted by atomic mass is 16.5. The third-order valence-corrected chi connectivity index (χ3v) is 3.73. The molecule has 0 saturated carbocycles. The second-order valence-electron chi connectivity index (χ2n) is 5.59. The molecule has 4 nitrogen and oxygen atoms in total. The molecule has 1 heterocycles. The molecule has 110 valence electrons. The lowest BCUT2D eigenvalue weighted by atomic mass is 10.1. The molecule has 0 unspecified atom stereocenters. The molecule has 0 radical (unpaired) electrons. The fourth-order valence-electron chi connectivity index (χ4n) is 2.51. The number of nitrogens with one attached hydrogen (secondary N) is 1. The first-order chi connectivity index (χ1) is 9.60. The summed E-state index contributed by atoms with van der Waals surface area (Å²) >= 11 is 0. The smallest absolute Gasteiger partial charge is 0.254 e. The molecule has 1 aromatic rings. The molecule has 1 fully saturated rings. The van der Waals surface area contributed by atoms with E-state index in [-0.39, 0.29) is 12.0 Å². The summed E-state index contributed by atoms with van der Waals surface area (Å²) in [4.78, 5) is 15.9. The van der Waals surface area contributed by atoms with E-state index in [1.54, 1.807) is 4.90 Å². The molecule has 1 aromatic carbocycles. The maximum atomic E-state index is 12.4. The van der Waals surface area contributed by atoms with E-state index in [2.05, 4.69) is 6.92 Å². The van der Waals surface area contributed by atoms with Gasteiger partial charge in [0.2, 0.25) is 0 Å². The number of carbonyl (C=O) groups is 1. The van der Waals surface area contributed by atoms with Crippen molar-refractivity contribution in [1.29, 1.82) is 0 Å². The first kappa shape index (κ1) is 14.9. The SMILES string of the molecule is CC[NH+]1CCN(C(=O)c2ccc(OC(C)C)cc2)CC1. The zero-order valence-electron chi connectivity index (χ0n) is 12.7. The van der Waals surface area contributed by atoms with E-state index >= 15 is 0 Å². The zero-order valence-corrected chi connectivity index (χ0v) is 12.7. The number of amides is 1. The van der Waals surface area contributed by atoms with Crippen molar-refractivity contribution in [3.63, 3.8) is 0 Å². The van der Waals surface area contributed by atoms with Crippen LogP contribution in [0.25, 0.3) is 0 Å². The monoisotopic (exact) mass is 277 g/mol. The van der Waals surface area contributed by atoms with Gasteiger partial charge in [-0.15, -0.1) is 0 Å². The predicted octanol–water partition coefficient (Wildman–Crippen LogP) is 0.834. The van der Waals surface area contributed by atoms with E-state index < -0.39 is 0 Å². The van der Waals surface area contributed by atoms with Crippen molar-refractivity contribution < 1.29 is 14.4 Å². The van der Waals surface area contributed by atoms with Gasteiger partial charge < -0.3 is 14.5 Å². The van der Waals surface area contributed by atoms with Crippen LogP contribution >= 0.6 is 0 Å². The Labute approximate surface area is 121 Å². The zero-order chi connectivity index (χ0) is 14.5. The summed E-state index contributed by atoms with van der Waals surface area (Å²) in [5.41, 5.74) is 0.751. The molecule has 0 atom stereocenters. The Kier molecular flexibility index (Phi) is 5.01. The Morgan fingerprint density at radius 3 is 2.35 bits per heavy atom. The number of ether oxygens (including phenoxy) is 1. The minimum atomic E-state index is 0.135. The van der Waals surface area contributed by atoms with Crippen molar-refractivity contribution >= 4 is 5.91 Å². The van der Waals surface area contributed by atoms with Gasteiger partial charge in [-0.2, -0.15) is 0 Å². The highest BCUT2D eigenvalue weighted by Crippen LogP contribution is 2.15. The largest absolute Gasteiger partial charge is 0.491 e. The fraction of sp³-hybridized carbons (Fsp3) is 0.562. The number of carbonyl (C=O) groups excluding carboxylic acids is 1. The Hall–Kier alpha value is -1.55. The van der Waals surface area contributed by atoms with Crippen LogP contribution in [0.5, 0.6) is 5.75 Å². The molecule has 2 rings (SSSR count). The normalized spacial score (nSPS) is 16.5. The maximum absolute atomic E-state index is 12.4. The summed E-state index contributed by atoms with van der Waals surface area (Å²) in [6.45, 7) is 11.1. The second kappa shape index (κ2) is 6.75. The van der Waals surface area contributed by atoms with E-state index in [1.165, 1.54) is 0 Å². The van der Waals surface area contributed by atoms with Crippen molar-refractivity contribution in [2.45, 2.75) is 26.9 Å². The first-order valence-electron chi connectivity index (χ1n) is 7.49. The Bertz CT molecular complexity index is 434. The van der Waals surface area contributed by atoms with Gasteiger partial charge in [0.15, 0.2) is 0 Å². The molecule has 0 spiro atoms. The van der Waals surface area contributed by atoms with E-state index in [9.17, 15) is 4.79 Å². The number of likely N-dealkylation sites (N-methyl/N-ethyl adjacent to an activating group) is 1. The van der Waals surface area contributed by atoms with Gasteiger partial charge in [-0.1, -0.05) is 0 Å². The summed E-state index contributed by atoms with van der Waals surface area (Å²) in [6.07, 6.45) is 0.154. The van der Waals surface area contributed by atoms with Crippen LogP contribution in [-0.4, -0.2) is 49.6 Å². The van der Waals surface area contributed by atoms with E-state index in [1.807, 2.05) is 43.0 Å². The third-order valence-electron chi connectivity index (χ3n) is 3.73. The molecule has 0 aliphatic carbocycles. The van der Waals surface area contributed by atoms with E-state index in [0.29, 0.717) is 0 Å². The number of hydrogen-bond acceptors (Lipinski definition) is 2. The standard InChI is InChI=1S/C16H24N2O2/c1-4-17-9-11-18(12-10-17)16(19)14-5-7-15(8-6-14)20-13(2)3/h5-8,13H,4,9-12H2,1-3H3/p+1. The number of hydrogen-bond donors (Lipinski definition) is 1. The van der Waals surface area contributed by atoms with Crippen LogP contribution in [-0.2, 0) is 0 Å². The van der Waals surface area contributed by atoms with Gasteiger partial charge in [0.1, 0.15) is 5.75 Å². The topological polar surface area (TPSA) is 34.0 Å². The number of piperazine rings is 1. The van der Waals surface area contributed by atoms with Gasteiger partial charge >= 0.3 is 0 Å². The van der Waals surface area contributed by atoms with Crippen LogP contribution in [0, 0.1) is 0 Å². The van der Waals surface area contributed by atoms with Gasteiger partial charge in [0.05, 0.1) is 38.8 Å². The number of benzene rings is 1. The van der Waals surface area contributed by atoms with Gasteiger partial charge in [-0.25, -0.2) is 0 Å². The molecule has 20 heavy (non-hydrogen) atoms. The predicted molar refractivity (Wildman–Crippen MR) is 79.3 cm³/mol. The molecule has 0 bridgehead atoms. The van der Waals surface area contributed by atoms with Crippen molar-refractivity contribution in [3.8, 4) is 5.75 Å². The average molecular weight is 277 g/mol. The van der Waals surface area contributed by atoms with Crippen LogP contribution in [0.4, 0.5) is 0 Å². The van der Waals surface area contributed by atoms with Gasteiger partial charge in [-0.3, -0.25) is 4.79 Å². The maximum Gasteiger partial charge on any atom is 0.254 e. The van der Waals surface area contributed by atoms with Gasteiger partial charge in [0, 0.05) is 5.56 Å². The van der Waals surface area contributed by atoms with E-state index in [0.717, 1.165) is 44.0 Å². The summed E-state index contributed by atoms with van der Waals surface area (Å²) < 4.78 is 5.59. The Morgan fingerprint density at radius 1 is 1.25 bits per heavy atom. The molecule has 1 amide bonds. The van der Waals surface area contributed by atoms with Crippen molar-refractivity contribution in [2.75, 3.05) is 32.7 Å². The summed E-state index contributed by atoms with van der Waals surface area (Å²) in [5, 5.41) is 0. The molecular weight excluding hydrogens is 252 g/mol. The lowest BCUT2D eigenvalue weighted by Crippen LogP contribution is -3.14. The first-order valence-corrected chi connectivity index (χ1v) is 7.49. The lowest BCUT2D eigenvalue weighted by molar-refractivity contribution is -0.902. The van der Waals surface area contributed by atoms with Crippen LogP contribution < -0.4 is 9.64 Å². The molecule has 1 aliphatic rings. The second-order valence-corrected chi connectivity index (χ2v) is 5.59. The summed E-state index contributed by atoms with van der Waals surface area (Å²) in [6, 6.07) is 7.47. The molecule has 1 saturated heterocycles. The van der Waals surface area contributed by atoms with Crippen molar-refractivity contribution in [2.24, 2.45) is 0 Å². The quantitative estimate of drug-likeness (QED) is 0.885. The molecule has 4 heteroatoms. The number of quaternary nitrogens is 1. The minimum absolute atomic E-state index is 0.135. The molecule has 0 aromatic heterocycles. The van der Waals surface area contributed by atoms with Crippen LogP contribution in [0.2, 0.25) is 0 Å². The summed E-state index contributed by atoms with van der Waals surface area (Å²) in [5.74, 6) is 0.952. The molecule has 1 N–H and O–H groups in total. The van der Waals surface area contributed by atoms with Crippen LogP contribution in [0.15, 0.2) is 24.3 Å². The highest BCUT2D eigenvalue weighted by molar-refractivity contribution is 5.94. The van der Waals surface area contributed by atoms with Gasteiger partial charge in [0.25, 0.3) is 5.91 Å². The van der Waals surface area contributed by atoms with Crippen molar-refractivity contribution in [1.82, 2.24) is 4.90 Å². The number of rotatable bonds is 4. The minimum Gasteiger partial charge on any atom is -0.491 e. The highest BCUT2D eigenvalue weighted by Gasteiger charge is 2.23. The number of nitrogens with zero attached hydrogens (tertiary/aromatic N) is 1. The molecule has 1 aliphatic heterocycles. The molecular formula is C16H25N2O2+. The average Bonchev–Trinajstić information content (AvgIpc) is 2.47. The van der Waals surface area contributed by atoms with Crippen LogP contribution in [0.3, 0.4) is 0 Å².